The number of amides is 1. The van der Waals surface area contributed by atoms with Gasteiger partial charge < -0.3 is 0 Å². The van der Waals surface area contributed by atoms with Crippen LogP contribution in [0.1, 0.15) is 10.4 Å². The Morgan fingerprint density at radius 2 is 2.00 bits per heavy atom. The van der Waals surface area contributed by atoms with Crippen molar-refractivity contribution in [1.82, 2.24) is 4.98 Å². The number of nitrogens with zero attached hydrogens (tertiary/aromatic N) is 2. The van der Waals surface area contributed by atoms with Gasteiger partial charge in [0.1, 0.15) is 5.56 Å². The number of carbonyl (C=O) groups is 1. The van der Waals surface area contributed by atoms with Crippen molar-refractivity contribution in [3.8, 4) is 0 Å². The Hall–Kier alpha value is -2.56. The van der Waals surface area contributed by atoms with E-state index >= 15 is 0 Å². The minimum absolute atomic E-state index is 0.139. The summed E-state index contributed by atoms with van der Waals surface area (Å²) in [5.41, 5.74) is -0.0748. The third-order valence-corrected chi connectivity index (χ3v) is 5.69. The van der Waals surface area contributed by atoms with Crippen LogP contribution in [-0.2, 0) is 9.84 Å². The summed E-state index contributed by atoms with van der Waals surface area (Å²) >= 11 is 6.80. The summed E-state index contributed by atoms with van der Waals surface area (Å²) in [6.07, 6.45) is 1.09. The number of fused-ring (bicyclic) bond motifs is 1. The fourth-order valence-corrected chi connectivity index (χ4v) is 3.99. The lowest BCUT2D eigenvalue weighted by molar-refractivity contribution is -0.385. The average Bonchev–Trinajstić information content (AvgIpc) is 2.94. The molecule has 0 bridgehead atoms. The number of nitro groups is 1. The molecule has 0 unspecified atom stereocenters. The smallest absolute Gasteiger partial charge is 0.283 e. The highest BCUT2D eigenvalue weighted by molar-refractivity contribution is 7.90. The van der Waals surface area contributed by atoms with E-state index in [2.05, 4.69) is 10.3 Å². The van der Waals surface area contributed by atoms with E-state index in [0.717, 1.165) is 23.7 Å². The van der Waals surface area contributed by atoms with Gasteiger partial charge in [0.25, 0.3) is 11.6 Å². The predicted molar refractivity (Wildman–Crippen MR) is 98.8 cm³/mol. The summed E-state index contributed by atoms with van der Waals surface area (Å²) in [5, 5.41) is 13.9. The molecular weight excluding hydrogens is 402 g/mol. The molecule has 26 heavy (non-hydrogen) atoms. The van der Waals surface area contributed by atoms with Crippen molar-refractivity contribution in [3.63, 3.8) is 0 Å². The number of nitro benzene ring substituents is 1. The van der Waals surface area contributed by atoms with E-state index in [1.807, 2.05) is 0 Å². The molecule has 3 rings (SSSR count). The molecule has 0 fully saturated rings. The number of hydrogen-bond donors (Lipinski definition) is 1. The molecule has 0 aliphatic heterocycles. The van der Waals surface area contributed by atoms with E-state index in [-0.39, 0.29) is 20.6 Å². The Balaban J connectivity index is 1.94. The predicted octanol–water partition coefficient (Wildman–Crippen LogP) is 3.51. The van der Waals surface area contributed by atoms with Crippen LogP contribution in [0.15, 0.2) is 41.3 Å². The quantitative estimate of drug-likeness (QED) is 0.518. The summed E-state index contributed by atoms with van der Waals surface area (Å²) in [6.45, 7) is 0. The Morgan fingerprint density at radius 1 is 1.27 bits per heavy atom. The van der Waals surface area contributed by atoms with Crippen molar-refractivity contribution >= 4 is 59.7 Å². The summed E-state index contributed by atoms with van der Waals surface area (Å²) in [5.74, 6) is -0.712. The van der Waals surface area contributed by atoms with E-state index in [1.54, 1.807) is 0 Å². The SMILES string of the molecule is CS(=O)(=O)c1ccc2nc(NC(=O)c3ccc(Cl)cc3[N+](=O)[O-])sc2c1. The number of hydrogen-bond acceptors (Lipinski definition) is 7. The largest absolute Gasteiger partial charge is 0.298 e. The Kier molecular flexibility index (Phi) is 4.65. The van der Waals surface area contributed by atoms with Gasteiger partial charge in [0, 0.05) is 17.3 Å². The van der Waals surface area contributed by atoms with E-state index in [1.165, 1.54) is 30.3 Å². The van der Waals surface area contributed by atoms with Gasteiger partial charge in [0.05, 0.1) is 20.0 Å². The molecule has 134 valence electrons. The highest BCUT2D eigenvalue weighted by Gasteiger charge is 2.21. The van der Waals surface area contributed by atoms with Crippen LogP contribution in [0.4, 0.5) is 10.8 Å². The number of thiazole rings is 1. The Labute approximate surface area is 156 Å². The van der Waals surface area contributed by atoms with Crippen molar-refractivity contribution in [3.05, 3.63) is 57.1 Å². The maximum absolute atomic E-state index is 12.4. The third-order valence-electron chi connectivity index (χ3n) is 3.41. The molecule has 8 nitrogen and oxygen atoms in total. The van der Waals surface area contributed by atoms with Gasteiger partial charge >= 0.3 is 0 Å². The first-order valence-electron chi connectivity index (χ1n) is 7.01. The van der Waals surface area contributed by atoms with Gasteiger partial charge in [-0.3, -0.25) is 20.2 Å². The monoisotopic (exact) mass is 411 g/mol. The minimum Gasteiger partial charge on any atom is -0.298 e. The summed E-state index contributed by atoms with van der Waals surface area (Å²) in [6, 6.07) is 8.14. The molecule has 0 saturated heterocycles. The number of carbonyl (C=O) groups excluding carboxylic acids is 1. The van der Waals surface area contributed by atoms with E-state index < -0.39 is 26.4 Å². The van der Waals surface area contributed by atoms with Crippen LogP contribution in [0.3, 0.4) is 0 Å². The first-order valence-corrected chi connectivity index (χ1v) is 10.1. The maximum atomic E-state index is 12.4. The zero-order chi connectivity index (χ0) is 19.1. The number of anilines is 1. The first-order chi connectivity index (χ1) is 12.1. The topological polar surface area (TPSA) is 119 Å². The van der Waals surface area contributed by atoms with Gasteiger partial charge in [-0.15, -0.1) is 0 Å². The summed E-state index contributed by atoms with van der Waals surface area (Å²) < 4.78 is 23.8. The molecule has 11 heteroatoms. The fourth-order valence-electron chi connectivity index (χ4n) is 2.20. The van der Waals surface area contributed by atoms with Crippen molar-refractivity contribution in [1.29, 1.82) is 0 Å². The molecule has 1 N–H and O–H groups in total. The molecule has 0 aliphatic carbocycles. The zero-order valence-electron chi connectivity index (χ0n) is 13.1. The Morgan fingerprint density at radius 3 is 2.65 bits per heavy atom. The molecule has 0 radical (unpaired) electrons. The van der Waals surface area contributed by atoms with Crippen molar-refractivity contribution in [2.45, 2.75) is 4.90 Å². The second-order valence-electron chi connectivity index (χ2n) is 5.29. The average molecular weight is 412 g/mol. The molecular formula is C15H10ClN3O5S2. The zero-order valence-corrected chi connectivity index (χ0v) is 15.5. The Bertz CT molecular complexity index is 1160. The van der Waals surface area contributed by atoms with Gasteiger partial charge in [-0.25, -0.2) is 13.4 Å². The van der Waals surface area contributed by atoms with Crippen LogP contribution in [-0.4, -0.2) is 30.5 Å². The third kappa shape index (κ3) is 3.66. The van der Waals surface area contributed by atoms with Gasteiger partial charge in [0.15, 0.2) is 15.0 Å². The number of halogens is 1. The normalized spacial score (nSPS) is 11.5. The van der Waals surface area contributed by atoms with Crippen LogP contribution < -0.4 is 5.32 Å². The van der Waals surface area contributed by atoms with Crippen LogP contribution in [0.2, 0.25) is 5.02 Å². The minimum atomic E-state index is -3.37. The van der Waals surface area contributed by atoms with Crippen molar-refractivity contribution in [2.24, 2.45) is 0 Å². The van der Waals surface area contributed by atoms with Crippen LogP contribution >= 0.6 is 22.9 Å². The number of sulfone groups is 1. The first kappa shape index (κ1) is 18.2. The highest BCUT2D eigenvalue weighted by atomic mass is 35.5. The highest BCUT2D eigenvalue weighted by Crippen LogP contribution is 2.29. The van der Waals surface area contributed by atoms with Crippen LogP contribution in [0, 0.1) is 10.1 Å². The molecule has 1 aromatic heterocycles. The molecule has 2 aromatic carbocycles. The molecule has 0 atom stereocenters. The van der Waals surface area contributed by atoms with Crippen molar-refractivity contribution in [2.75, 3.05) is 11.6 Å². The number of rotatable bonds is 4. The second kappa shape index (κ2) is 6.63. The van der Waals surface area contributed by atoms with Crippen LogP contribution in [0.25, 0.3) is 10.2 Å². The lowest BCUT2D eigenvalue weighted by Gasteiger charge is -2.03. The fraction of sp³-hybridized carbons (Fsp3) is 0.0667. The lowest BCUT2D eigenvalue weighted by atomic mass is 10.1. The summed E-state index contributed by atoms with van der Waals surface area (Å²) in [7, 11) is -3.37. The van der Waals surface area contributed by atoms with Crippen LogP contribution in [0.5, 0.6) is 0 Å². The molecule has 1 heterocycles. The number of nitrogens with one attached hydrogen (secondary N) is 1. The van der Waals surface area contributed by atoms with Gasteiger partial charge in [-0.2, -0.15) is 0 Å². The van der Waals surface area contributed by atoms with E-state index in [9.17, 15) is 23.3 Å². The summed E-state index contributed by atoms with van der Waals surface area (Å²) in [4.78, 5) is 27.1. The second-order valence-corrected chi connectivity index (χ2v) is 8.78. The van der Waals surface area contributed by atoms with Gasteiger partial charge in [0.2, 0.25) is 0 Å². The lowest BCUT2D eigenvalue weighted by Crippen LogP contribution is -2.13. The van der Waals surface area contributed by atoms with E-state index in [0.29, 0.717) is 10.2 Å². The van der Waals surface area contributed by atoms with Crippen molar-refractivity contribution < 1.29 is 18.1 Å². The van der Waals surface area contributed by atoms with E-state index in [4.69, 9.17) is 11.6 Å². The van der Waals surface area contributed by atoms with Gasteiger partial charge in [-0.05, 0) is 30.3 Å². The molecule has 0 spiro atoms. The maximum Gasteiger partial charge on any atom is 0.283 e. The standard InChI is InChI=1S/C15H10ClN3O5S2/c1-26(23,24)9-3-5-11-13(7-9)25-15(17-11)18-14(20)10-4-2-8(16)6-12(10)19(21)22/h2-7H,1H3,(H,17,18,20). The molecule has 3 aromatic rings. The molecule has 0 saturated carbocycles. The molecule has 0 aliphatic rings. The van der Waals surface area contributed by atoms with Gasteiger partial charge in [-0.1, -0.05) is 22.9 Å². The number of aromatic nitrogens is 1. The number of benzene rings is 2. The molecule has 1 amide bonds.